The molecule has 0 saturated carbocycles. The van der Waals surface area contributed by atoms with Crippen molar-refractivity contribution in [3.63, 3.8) is 0 Å². The zero-order valence-electron chi connectivity index (χ0n) is 9.54. The number of nitrogens with two attached hydrogens (primary N) is 1. The van der Waals surface area contributed by atoms with Gasteiger partial charge in [0.15, 0.2) is 11.4 Å². The number of H-pyrrole nitrogens is 1. The number of ether oxygens (including phenoxy) is 1. The lowest BCUT2D eigenvalue weighted by molar-refractivity contribution is -0.0235. The second-order valence-corrected chi connectivity index (χ2v) is 5.69. The van der Waals surface area contributed by atoms with Crippen molar-refractivity contribution in [1.29, 1.82) is 0 Å². The number of aliphatic hydroxyl groups is 3. The SMILES string of the molecule is Nc1nc(C2O[C@H](CO)[C@@H](O)[C@H]2O)c(P(=O)(O)O)[nH]1. The van der Waals surface area contributed by atoms with Gasteiger partial charge in [0.1, 0.15) is 30.1 Å². The quantitative estimate of drug-likeness (QED) is 0.285. The lowest BCUT2D eigenvalue weighted by atomic mass is 10.1. The fourth-order valence-corrected chi connectivity index (χ4v) is 2.68. The van der Waals surface area contributed by atoms with E-state index in [0.717, 1.165) is 0 Å². The molecule has 11 heteroatoms. The van der Waals surface area contributed by atoms with Crippen LogP contribution in [0.1, 0.15) is 11.8 Å². The second-order valence-electron chi connectivity index (χ2n) is 4.16. The molecule has 0 amide bonds. The van der Waals surface area contributed by atoms with Crippen LogP contribution in [0.15, 0.2) is 0 Å². The lowest BCUT2D eigenvalue weighted by Gasteiger charge is -2.14. The summed E-state index contributed by atoms with van der Waals surface area (Å²) in [6.45, 7) is -0.556. The third-order valence-electron chi connectivity index (χ3n) is 2.83. The molecule has 1 aromatic rings. The van der Waals surface area contributed by atoms with Gasteiger partial charge in [-0.2, -0.15) is 0 Å². The summed E-state index contributed by atoms with van der Waals surface area (Å²) in [6, 6.07) is 0. The van der Waals surface area contributed by atoms with Crippen LogP contribution in [0.25, 0.3) is 0 Å². The lowest BCUT2D eigenvalue weighted by Crippen LogP contribution is -2.33. The smallest absolute Gasteiger partial charge is 0.374 e. The van der Waals surface area contributed by atoms with Crippen LogP contribution >= 0.6 is 7.60 Å². The monoisotopic (exact) mass is 295 g/mol. The van der Waals surface area contributed by atoms with E-state index in [2.05, 4.69) is 9.97 Å². The van der Waals surface area contributed by atoms with E-state index in [-0.39, 0.29) is 11.6 Å². The Balaban J connectivity index is 2.41. The zero-order valence-corrected chi connectivity index (χ0v) is 10.4. The van der Waals surface area contributed by atoms with Crippen molar-refractivity contribution in [1.82, 2.24) is 9.97 Å². The molecule has 1 unspecified atom stereocenters. The number of aromatic nitrogens is 2. The van der Waals surface area contributed by atoms with Crippen molar-refractivity contribution in [2.24, 2.45) is 0 Å². The van der Waals surface area contributed by atoms with Crippen LogP contribution in [0.4, 0.5) is 5.95 Å². The minimum Gasteiger partial charge on any atom is -0.394 e. The molecule has 4 atom stereocenters. The number of hydrogen-bond acceptors (Lipinski definition) is 7. The maximum atomic E-state index is 11.3. The summed E-state index contributed by atoms with van der Waals surface area (Å²) in [5, 5.41) is 28.3. The highest BCUT2D eigenvalue weighted by atomic mass is 31.2. The molecule has 2 rings (SSSR count). The molecule has 1 saturated heterocycles. The van der Waals surface area contributed by atoms with E-state index in [0.29, 0.717) is 0 Å². The van der Waals surface area contributed by atoms with Crippen molar-refractivity contribution >= 4 is 19.0 Å². The van der Waals surface area contributed by atoms with Gasteiger partial charge in [-0.05, 0) is 0 Å². The van der Waals surface area contributed by atoms with Crippen LogP contribution in [-0.4, -0.2) is 60.0 Å². The summed E-state index contributed by atoms with van der Waals surface area (Å²) < 4.78 is 16.4. The summed E-state index contributed by atoms with van der Waals surface area (Å²) in [5.41, 5.74) is 4.46. The highest BCUT2D eigenvalue weighted by Crippen LogP contribution is 2.39. The van der Waals surface area contributed by atoms with Gasteiger partial charge in [-0.15, -0.1) is 0 Å². The molecule has 8 N–H and O–H groups in total. The number of aromatic amines is 1. The van der Waals surface area contributed by atoms with Gasteiger partial charge < -0.3 is 40.6 Å². The molecule has 1 aliphatic heterocycles. The molecular weight excluding hydrogens is 281 g/mol. The minimum absolute atomic E-state index is 0.258. The van der Waals surface area contributed by atoms with Gasteiger partial charge in [0.2, 0.25) is 0 Å². The van der Waals surface area contributed by atoms with Gasteiger partial charge >= 0.3 is 7.60 Å². The molecule has 0 aromatic carbocycles. The first-order chi connectivity index (χ1) is 8.75. The van der Waals surface area contributed by atoms with E-state index in [4.69, 9.17) is 25.4 Å². The minimum atomic E-state index is -4.70. The van der Waals surface area contributed by atoms with Gasteiger partial charge in [0, 0.05) is 0 Å². The second kappa shape index (κ2) is 4.84. The number of rotatable bonds is 3. The number of nitrogens with one attached hydrogen (secondary N) is 1. The molecule has 0 aliphatic carbocycles. The third kappa shape index (κ3) is 2.51. The van der Waals surface area contributed by atoms with Gasteiger partial charge in [0.05, 0.1) is 6.61 Å². The number of aliphatic hydroxyl groups excluding tert-OH is 3. The number of nitrogens with zero attached hydrogens (tertiary/aromatic N) is 1. The number of nitrogen functional groups attached to an aromatic ring is 1. The first-order valence-corrected chi connectivity index (χ1v) is 6.91. The number of imidazole rings is 1. The van der Waals surface area contributed by atoms with E-state index in [1.165, 1.54) is 0 Å². The number of anilines is 1. The molecule has 0 bridgehead atoms. The van der Waals surface area contributed by atoms with Crippen molar-refractivity contribution in [3.8, 4) is 0 Å². The summed E-state index contributed by atoms with van der Waals surface area (Å²) >= 11 is 0. The van der Waals surface area contributed by atoms with Gasteiger partial charge in [0.25, 0.3) is 0 Å². The normalized spacial score (nSPS) is 31.8. The largest absolute Gasteiger partial charge is 0.394 e. The van der Waals surface area contributed by atoms with Crippen molar-refractivity contribution in [2.45, 2.75) is 24.4 Å². The first-order valence-electron chi connectivity index (χ1n) is 5.29. The average Bonchev–Trinajstić information content (AvgIpc) is 2.82. The highest BCUT2D eigenvalue weighted by Gasteiger charge is 2.46. The Labute approximate surface area is 107 Å². The molecule has 1 aliphatic rings. The van der Waals surface area contributed by atoms with Crippen LogP contribution in [0, 0.1) is 0 Å². The Morgan fingerprint density at radius 3 is 2.47 bits per heavy atom. The standard InChI is InChI=1S/C8H14N3O7P/c9-8-10-3(7(11-8)19(15,16)17)6-5(14)4(13)2(1-12)18-6/h2,4-6,12-14H,1H2,(H3,9,10,11)(H2,15,16,17)/t2-,4-,5-,6?/m1/s1. The van der Waals surface area contributed by atoms with Gasteiger partial charge in [-0.3, -0.25) is 4.57 Å². The Morgan fingerprint density at radius 1 is 1.37 bits per heavy atom. The first kappa shape index (κ1) is 14.4. The Hall–Kier alpha value is -1.00. The Bertz CT molecular complexity index is 514. The highest BCUT2D eigenvalue weighted by molar-refractivity contribution is 7.60. The summed E-state index contributed by atoms with van der Waals surface area (Å²) in [5.74, 6) is -0.258. The van der Waals surface area contributed by atoms with Crippen molar-refractivity contribution in [2.75, 3.05) is 12.3 Å². The summed E-state index contributed by atoms with van der Waals surface area (Å²) in [6.07, 6.45) is -5.23. The molecule has 2 heterocycles. The summed E-state index contributed by atoms with van der Waals surface area (Å²) in [4.78, 5) is 24.2. The van der Waals surface area contributed by atoms with Crippen LogP contribution in [0.2, 0.25) is 0 Å². The van der Waals surface area contributed by atoms with Gasteiger partial charge in [-0.1, -0.05) is 0 Å². The zero-order chi connectivity index (χ0) is 14.4. The topological polar surface area (TPSA) is 182 Å². The fraction of sp³-hybridized carbons (Fsp3) is 0.625. The van der Waals surface area contributed by atoms with Crippen LogP contribution in [0.3, 0.4) is 0 Å². The van der Waals surface area contributed by atoms with E-state index in [1.807, 2.05) is 0 Å². The Kier molecular flexibility index (Phi) is 3.67. The molecule has 0 spiro atoms. The third-order valence-corrected chi connectivity index (χ3v) is 3.76. The van der Waals surface area contributed by atoms with E-state index < -0.39 is 44.1 Å². The van der Waals surface area contributed by atoms with Gasteiger partial charge in [-0.25, -0.2) is 4.98 Å². The average molecular weight is 295 g/mol. The van der Waals surface area contributed by atoms with E-state index in [1.54, 1.807) is 0 Å². The molecule has 1 fully saturated rings. The molecule has 108 valence electrons. The molecule has 1 aromatic heterocycles. The predicted octanol–water partition coefficient (Wildman–Crippen LogP) is -3.05. The van der Waals surface area contributed by atoms with E-state index in [9.17, 15) is 14.8 Å². The predicted molar refractivity (Wildman–Crippen MR) is 61.4 cm³/mol. The Morgan fingerprint density at radius 2 is 2.00 bits per heavy atom. The number of hydrogen-bond donors (Lipinski definition) is 7. The molecule has 10 nitrogen and oxygen atoms in total. The van der Waals surface area contributed by atoms with Crippen LogP contribution in [0.5, 0.6) is 0 Å². The van der Waals surface area contributed by atoms with Crippen molar-refractivity contribution < 1.29 is 34.4 Å². The van der Waals surface area contributed by atoms with Crippen LogP contribution in [-0.2, 0) is 9.30 Å². The molecule has 0 radical (unpaired) electrons. The molecule has 19 heavy (non-hydrogen) atoms. The van der Waals surface area contributed by atoms with E-state index >= 15 is 0 Å². The maximum absolute atomic E-state index is 11.3. The van der Waals surface area contributed by atoms with Crippen molar-refractivity contribution in [3.05, 3.63) is 5.69 Å². The fourth-order valence-electron chi connectivity index (χ4n) is 1.94. The maximum Gasteiger partial charge on any atom is 0.374 e. The molecular formula is C8H14N3O7P. The van der Waals surface area contributed by atoms with Crippen LogP contribution < -0.4 is 11.2 Å². The summed E-state index contributed by atoms with van der Waals surface area (Å²) in [7, 11) is -4.70.